The van der Waals surface area contributed by atoms with E-state index in [-0.39, 0.29) is 5.56 Å². The molecular weight excluding hydrogens is 488 g/mol. The first-order valence-electron chi connectivity index (χ1n) is 10.9. The Bertz CT molecular complexity index is 1670. The molecule has 35 heavy (non-hydrogen) atoms. The number of nitrogens with zero attached hydrogens (tertiary/aromatic N) is 2. The largest absolute Gasteiger partial charge is 0.469 e. The van der Waals surface area contributed by atoms with Crippen LogP contribution in [-0.4, -0.2) is 23.4 Å². The van der Waals surface area contributed by atoms with Crippen LogP contribution in [0.15, 0.2) is 74.9 Å². The highest BCUT2D eigenvalue weighted by Gasteiger charge is 2.55. The summed E-state index contributed by atoms with van der Waals surface area (Å²) in [5.41, 5.74) is 0.0364. The molecule has 0 saturated heterocycles. The third kappa shape index (κ3) is 3.36. The van der Waals surface area contributed by atoms with Crippen LogP contribution in [0.4, 0.5) is 0 Å². The van der Waals surface area contributed by atoms with Crippen LogP contribution >= 0.6 is 22.9 Å². The number of hydrogen-bond donors (Lipinski definition) is 0. The van der Waals surface area contributed by atoms with Crippen molar-refractivity contribution in [3.05, 3.63) is 96.7 Å². The molecule has 7 nitrogen and oxygen atoms in total. The monoisotopic (exact) mass is 506 g/mol. The normalized spacial score (nSPS) is 22.5. The van der Waals surface area contributed by atoms with Gasteiger partial charge in [0, 0.05) is 17.2 Å². The number of hydrogen-bond acceptors (Lipinski definition) is 7. The minimum atomic E-state index is -1.21. The van der Waals surface area contributed by atoms with Crippen molar-refractivity contribution >= 4 is 35.0 Å². The standard InChI is InChI=1S/C26H19ClN2O5S/c1-26-21(24(31)32-2)22(16-8-4-6-10-19(16)34-26)29-23(30)20(35-25(29)28-26)13-14-11-12-18(33-14)15-7-3-5-9-17(15)27/h3-13,21-22H,1-2H3/b20-13+/t21-,22-,26+/m1/s1. The minimum Gasteiger partial charge on any atom is -0.469 e. The summed E-state index contributed by atoms with van der Waals surface area (Å²) >= 11 is 7.52. The number of benzene rings is 2. The number of fused-ring (bicyclic) bond motifs is 6. The van der Waals surface area contributed by atoms with E-state index in [0.29, 0.717) is 31.6 Å². The number of rotatable bonds is 3. The highest BCUT2D eigenvalue weighted by molar-refractivity contribution is 7.07. The maximum Gasteiger partial charge on any atom is 0.317 e. The number of carbonyl (C=O) groups is 1. The SMILES string of the molecule is COC(=O)[C@H]1[C@H]2c3ccccc3O[C@]1(C)N=c1s/c(=C/c3ccc(-c4ccccc4Cl)o3)c(=O)n12. The zero-order valence-electron chi connectivity index (χ0n) is 18.7. The molecular formula is C26H19ClN2O5S. The van der Waals surface area contributed by atoms with Gasteiger partial charge in [0.05, 0.1) is 22.7 Å². The van der Waals surface area contributed by atoms with Crippen molar-refractivity contribution in [2.24, 2.45) is 10.9 Å². The molecule has 2 aromatic carbocycles. The van der Waals surface area contributed by atoms with Crippen molar-refractivity contribution in [1.82, 2.24) is 4.57 Å². The first-order valence-corrected chi connectivity index (χ1v) is 12.1. The van der Waals surface area contributed by atoms with E-state index in [1.165, 1.54) is 18.4 Å². The fourth-order valence-corrected chi connectivity index (χ4v) is 6.10. The molecule has 2 aliphatic heterocycles. The second kappa shape index (κ2) is 7.96. The van der Waals surface area contributed by atoms with E-state index in [1.807, 2.05) is 48.5 Å². The Labute approximate surface area is 208 Å². The predicted octanol–water partition coefficient (Wildman–Crippen LogP) is 3.77. The highest BCUT2D eigenvalue weighted by Crippen LogP contribution is 2.47. The van der Waals surface area contributed by atoms with Gasteiger partial charge in [0.25, 0.3) is 5.56 Å². The number of thiazole rings is 1. The fourth-order valence-electron chi connectivity index (χ4n) is 4.80. The molecule has 0 unspecified atom stereocenters. The van der Waals surface area contributed by atoms with Crippen LogP contribution in [0.5, 0.6) is 5.75 Å². The number of para-hydroxylation sites is 1. The van der Waals surface area contributed by atoms with Gasteiger partial charge >= 0.3 is 5.97 Å². The molecule has 9 heteroatoms. The Morgan fingerprint density at radius 3 is 2.74 bits per heavy atom. The van der Waals surface area contributed by atoms with Crippen molar-refractivity contribution in [1.29, 1.82) is 0 Å². The maximum absolute atomic E-state index is 13.6. The lowest BCUT2D eigenvalue weighted by Gasteiger charge is -2.44. The minimum absolute atomic E-state index is 0.262. The lowest BCUT2D eigenvalue weighted by molar-refractivity contribution is -0.158. The zero-order chi connectivity index (χ0) is 24.3. The van der Waals surface area contributed by atoms with Crippen LogP contribution < -0.4 is 19.6 Å². The van der Waals surface area contributed by atoms with Crippen molar-refractivity contribution in [3.8, 4) is 17.1 Å². The number of carbonyl (C=O) groups excluding carboxylic acids is 1. The Morgan fingerprint density at radius 2 is 1.94 bits per heavy atom. The van der Waals surface area contributed by atoms with Gasteiger partial charge in [-0.3, -0.25) is 14.2 Å². The number of halogens is 1. The van der Waals surface area contributed by atoms with Crippen LogP contribution in [-0.2, 0) is 9.53 Å². The van der Waals surface area contributed by atoms with Gasteiger partial charge < -0.3 is 13.9 Å². The summed E-state index contributed by atoms with van der Waals surface area (Å²) < 4.78 is 19.3. The van der Waals surface area contributed by atoms with Crippen molar-refractivity contribution in [2.45, 2.75) is 18.7 Å². The summed E-state index contributed by atoms with van der Waals surface area (Å²) in [7, 11) is 1.33. The average molecular weight is 507 g/mol. The molecule has 6 rings (SSSR count). The first-order chi connectivity index (χ1) is 16.9. The Hall–Kier alpha value is -3.62. The summed E-state index contributed by atoms with van der Waals surface area (Å²) in [4.78, 5) is 31.7. The third-order valence-corrected chi connectivity index (χ3v) is 7.69. The molecule has 2 bridgehead atoms. The zero-order valence-corrected chi connectivity index (χ0v) is 20.3. The van der Waals surface area contributed by atoms with Crippen LogP contribution in [0, 0.1) is 5.92 Å². The number of furan rings is 1. The third-order valence-electron chi connectivity index (χ3n) is 6.37. The molecule has 0 N–H and O–H groups in total. The number of ether oxygens (including phenoxy) is 2. The molecule has 3 atom stereocenters. The topological polar surface area (TPSA) is 83.0 Å². The van der Waals surface area contributed by atoms with E-state index in [1.54, 1.807) is 29.7 Å². The summed E-state index contributed by atoms with van der Waals surface area (Å²) in [6.07, 6.45) is 1.68. The molecule has 2 aliphatic rings. The average Bonchev–Trinajstić information content (AvgIpc) is 3.42. The molecule has 0 saturated carbocycles. The van der Waals surface area contributed by atoms with Gasteiger partial charge in [-0.25, -0.2) is 4.99 Å². The molecule has 2 aromatic heterocycles. The van der Waals surface area contributed by atoms with Crippen LogP contribution in [0.25, 0.3) is 17.4 Å². The molecule has 0 aliphatic carbocycles. The molecule has 0 amide bonds. The summed E-state index contributed by atoms with van der Waals surface area (Å²) in [6, 6.07) is 17.8. The van der Waals surface area contributed by atoms with E-state index in [0.717, 1.165) is 11.1 Å². The highest BCUT2D eigenvalue weighted by atomic mass is 35.5. The lowest BCUT2D eigenvalue weighted by Crippen LogP contribution is -2.58. The van der Waals surface area contributed by atoms with Gasteiger partial charge in [0.15, 0.2) is 4.80 Å². The molecule has 4 heterocycles. The Kier molecular flexibility index (Phi) is 4.98. The van der Waals surface area contributed by atoms with E-state index in [9.17, 15) is 9.59 Å². The second-order valence-electron chi connectivity index (χ2n) is 8.50. The molecule has 0 radical (unpaired) electrons. The van der Waals surface area contributed by atoms with E-state index >= 15 is 0 Å². The fraction of sp³-hybridized carbons (Fsp3) is 0.192. The van der Waals surface area contributed by atoms with Gasteiger partial charge in [-0.1, -0.05) is 53.3 Å². The van der Waals surface area contributed by atoms with Gasteiger partial charge in [0.1, 0.15) is 23.2 Å². The molecule has 176 valence electrons. The summed E-state index contributed by atoms with van der Waals surface area (Å²) in [5, 5.41) is 0.576. The van der Waals surface area contributed by atoms with Crippen LogP contribution in [0.1, 0.15) is 24.3 Å². The molecule has 0 spiro atoms. The predicted molar refractivity (Wildman–Crippen MR) is 131 cm³/mol. The first kappa shape index (κ1) is 21.9. The number of methoxy groups -OCH3 is 1. The van der Waals surface area contributed by atoms with Crippen molar-refractivity contribution < 1.29 is 18.7 Å². The van der Waals surface area contributed by atoms with Gasteiger partial charge in [-0.15, -0.1) is 0 Å². The van der Waals surface area contributed by atoms with Crippen molar-refractivity contribution in [2.75, 3.05) is 7.11 Å². The van der Waals surface area contributed by atoms with E-state index in [2.05, 4.69) is 0 Å². The second-order valence-corrected chi connectivity index (χ2v) is 9.92. The van der Waals surface area contributed by atoms with Gasteiger partial charge in [-0.05, 0) is 37.3 Å². The molecule has 0 fully saturated rings. The Balaban J connectivity index is 1.52. The Morgan fingerprint density at radius 1 is 1.17 bits per heavy atom. The van der Waals surface area contributed by atoms with Crippen molar-refractivity contribution in [3.63, 3.8) is 0 Å². The number of aromatic nitrogens is 1. The maximum atomic E-state index is 13.6. The lowest BCUT2D eigenvalue weighted by atomic mass is 9.81. The number of esters is 1. The van der Waals surface area contributed by atoms with E-state index < -0.39 is 23.7 Å². The van der Waals surface area contributed by atoms with Gasteiger partial charge in [-0.2, -0.15) is 0 Å². The smallest absolute Gasteiger partial charge is 0.317 e. The summed E-state index contributed by atoms with van der Waals surface area (Å²) in [6.45, 7) is 1.75. The van der Waals surface area contributed by atoms with Crippen LogP contribution in [0.3, 0.4) is 0 Å². The van der Waals surface area contributed by atoms with Crippen LogP contribution in [0.2, 0.25) is 5.02 Å². The van der Waals surface area contributed by atoms with Gasteiger partial charge in [0.2, 0.25) is 5.72 Å². The quantitative estimate of drug-likeness (QED) is 0.395. The molecule has 4 aromatic rings. The van der Waals surface area contributed by atoms with E-state index in [4.69, 9.17) is 30.5 Å². The summed E-state index contributed by atoms with van der Waals surface area (Å²) in [5.74, 6) is 0.399.